The molecule has 3 N–H and O–H groups in total. The molecule has 0 aliphatic carbocycles. The van der Waals surface area contributed by atoms with E-state index < -0.39 is 6.10 Å². The minimum atomic E-state index is -0.492. The van der Waals surface area contributed by atoms with Gasteiger partial charge in [-0.25, -0.2) is 0 Å². The SMILES string of the molecule is O[C@@H](C[NH2+]C[C@@H]1OCCc2ccccc21)COc1ccccc1. The van der Waals surface area contributed by atoms with Crippen LogP contribution in [0.3, 0.4) is 0 Å². The summed E-state index contributed by atoms with van der Waals surface area (Å²) in [4.78, 5) is 0. The first kappa shape index (κ1) is 16.0. The highest BCUT2D eigenvalue weighted by Gasteiger charge is 2.22. The molecule has 0 bridgehead atoms. The zero-order valence-corrected chi connectivity index (χ0v) is 13.2. The van der Waals surface area contributed by atoms with Gasteiger partial charge in [0.15, 0.2) is 0 Å². The molecule has 3 rings (SSSR count). The highest BCUT2D eigenvalue weighted by Crippen LogP contribution is 2.25. The fourth-order valence-corrected chi connectivity index (χ4v) is 2.89. The van der Waals surface area contributed by atoms with Gasteiger partial charge in [0, 0.05) is 0 Å². The summed E-state index contributed by atoms with van der Waals surface area (Å²) in [6, 6.07) is 18.0. The number of fused-ring (bicyclic) bond motifs is 1. The monoisotopic (exact) mass is 314 g/mol. The Morgan fingerprint density at radius 1 is 1.13 bits per heavy atom. The molecule has 0 saturated heterocycles. The quantitative estimate of drug-likeness (QED) is 0.810. The fraction of sp³-hybridized carbons (Fsp3) is 0.368. The van der Waals surface area contributed by atoms with Crippen molar-refractivity contribution < 1.29 is 19.9 Å². The van der Waals surface area contributed by atoms with E-state index in [2.05, 4.69) is 29.6 Å². The number of benzene rings is 2. The molecular weight excluding hydrogens is 290 g/mol. The Balaban J connectivity index is 1.41. The number of ether oxygens (including phenoxy) is 2. The van der Waals surface area contributed by atoms with Crippen LogP contribution in [-0.4, -0.2) is 37.5 Å². The van der Waals surface area contributed by atoms with Gasteiger partial charge in [0.2, 0.25) is 0 Å². The third kappa shape index (κ3) is 4.55. The van der Waals surface area contributed by atoms with Crippen LogP contribution in [-0.2, 0) is 11.2 Å². The maximum absolute atomic E-state index is 10.0. The maximum atomic E-state index is 10.0. The Morgan fingerprint density at radius 2 is 1.91 bits per heavy atom. The lowest BCUT2D eigenvalue weighted by molar-refractivity contribution is -0.668. The molecule has 0 saturated carbocycles. The Hall–Kier alpha value is -1.88. The third-order valence-corrected chi connectivity index (χ3v) is 4.10. The molecule has 1 heterocycles. The predicted octanol–water partition coefficient (Wildman–Crippen LogP) is 1.30. The van der Waals surface area contributed by atoms with Crippen molar-refractivity contribution in [2.45, 2.75) is 18.6 Å². The third-order valence-electron chi connectivity index (χ3n) is 4.10. The minimum absolute atomic E-state index is 0.113. The molecular formula is C19H24NO3+. The summed E-state index contributed by atoms with van der Waals surface area (Å²) in [7, 11) is 0. The molecule has 0 radical (unpaired) electrons. The highest BCUT2D eigenvalue weighted by atomic mass is 16.5. The van der Waals surface area contributed by atoms with E-state index in [0.717, 1.165) is 25.3 Å². The summed E-state index contributed by atoms with van der Waals surface area (Å²) < 4.78 is 11.4. The fourth-order valence-electron chi connectivity index (χ4n) is 2.89. The van der Waals surface area contributed by atoms with Crippen molar-refractivity contribution in [3.05, 3.63) is 65.7 Å². The summed E-state index contributed by atoms with van der Waals surface area (Å²) in [5, 5.41) is 12.1. The zero-order valence-electron chi connectivity index (χ0n) is 13.2. The minimum Gasteiger partial charge on any atom is -0.491 e. The normalized spacial score (nSPS) is 18.2. The van der Waals surface area contributed by atoms with Gasteiger partial charge in [0.1, 0.15) is 37.7 Å². The maximum Gasteiger partial charge on any atom is 0.137 e. The number of aliphatic hydroxyl groups excluding tert-OH is 1. The van der Waals surface area contributed by atoms with Crippen LogP contribution in [0, 0.1) is 0 Å². The standard InChI is InChI=1S/C19H23NO3/c21-16(14-23-17-7-2-1-3-8-17)12-20-13-19-18-9-5-4-6-15(18)10-11-22-19/h1-9,16,19-21H,10-14H2/p+1/t16-,19-/m0/s1. The smallest absolute Gasteiger partial charge is 0.137 e. The van der Waals surface area contributed by atoms with Crippen LogP contribution in [0.25, 0.3) is 0 Å². The number of para-hydroxylation sites is 1. The second-order valence-corrected chi connectivity index (χ2v) is 5.85. The van der Waals surface area contributed by atoms with E-state index in [0.29, 0.717) is 13.2 Å². The lowest BCUT2D eigenvalue weighted by atomic mass is 9.97. The molecule has 0 aromatic heterocycles. The van der Waals surface area contributed by atoms with Crippen molar-refractivity contribution in [2.24, 2.45) is 0 Å². The summed E-state index contributed by atoms with van der Waals surface area (Å²) >= 11 is 0. The van der Waals surface area contributed by atoms with E-state index in [1.165, 1.54) is 11.1 Å². The van der Waals surface area contributed by atoms with Crippen molar-refractivity contribution in [1.29, 1.82) is 0 Å². The van der Waals surface area contributed by atoms with Crippen LogP contribution in [0.15, 0.2) is 54.6 Å². The van der Waals surface area contributed by atoms with E-state index >= 15 is 0 Å². The van der Waals surface area contributed by atoms with Gasteiger partial charge in [0.05, 0.1) is 6.61 Å². The lowest BCUT2D eigenvalue weighted by Gasteiger charge is -2.25. The first-order chi connectivity index (χ1) is 11.3. The van der Waals surface area contributed by atoms with E-state index in [-0.39, 0.29) is 6.10 Å². The molecule has 23 heavy (non-hydrogen) atoms. The molecule has 4 nitrogen and oxygen atoms in total. The first-order valence-corrected chi connectivity index (χ1v) is 8.20. The summed E-state index contributed by atoms with van der Waals surface area (Å²) in [5.41, 5.74) is 2.66. The molecule has 4 heteroatoms. The van der Waals surface area contributed by atoms with Gasteiger partial charge >= 0.3 is 0 Å². The average Bonchev–Trinajstić information content (AvgIpc) is 2.61. The molecule has 122 valence electrons. The van der Waals surface area contributed by atoms with E-state index in [9.17, 15) is 5.11 Å². The molecule has 0 spiro atoms. The number of quaternary nitrogens is 1. The van der Waals surface area contributed by atoms with Gasteiger partial charge in [-0.1, -0.05) is 42.5 Å². The van der Waals surface area contributed by atoms with Gasteiger partial charge in [-0.05, 0) is 29.7 Å². The predicted molar refractivity (Wildman–Crippen MR) is 88.4 cm³/mol. The van der Waals surface area contributed by atoms with Gasteiger partial charge in [0.25, 0.3) is 0 Å². The molecule has 2 aromatic carbocycles. The summed E-state index contributed by atoms with van der Waals surface area (Å²) in [5.74, 6) is 0.788. The molecule has 2 atom stereocenters. The van der Waals surface area contributed by atoms with Crippen molar-refractivity contribution in [3.8, 4) is 5.75 Å². The van der Waals surface area contributed by atoms with Crippen LogP contribution in [0.5, 0.6) is 5.75 Å². The zero-order chi connectivity index (χ0) is 15.9. The Morgan fingerprint density at radius 3 is 2.78 bits per heavy atom. The van der Waals surface area contributed by atoms with Crippen LogP contribution >= 0.6 is 0 Å². The van der Waals surface area contributed by atoms with Crippen molar-refractivity contribution in [2.75, 3.05) is 26.3 Å². The van der Waals surface area contributed by atoms with Crippen molar-refractivity contribution in [1.82, 2.24) is 0 Å². The Bertz CT molecular complexity index is 603. The highest BCUT2D eigenvalue weighted by molar-refractivity contribution is 5.30. The largest absolute Gasteiger partial charge is 0.491 e. The number of hydrogen-bond acceptors (Lipinski definition) is 3. The number of aliphatic hydroxyl groups is 1. The Kier molecular flexibility index (Phi) is 5.64. The average molecular weight is 314 g/mol. The van der Waals surface area contributed by atoms with E-state index in [4.69, 9.17) is 9.47 Å². The number of nitrogens with two attached hydrogens (primary N) is 1. The van der Waals surface area contributed by atoms with Crippen molar-refractivity contribution in [3.63, 3.8) is 0 Å². The first-order valence-electron chi connectivity index (χ1n) is 8.20. The molecule has 0 unspecified atom stereocenters. The topological polar surface area (TPSA) is 55.3 Å². The number of rotatable bonds is 7. The number of hydrogen-bond donors (Lipinski definition) is 2. The van der Waals surface area contributed by atoms with Crippen molar-refractivity contribution >= 4 is 0 Å². The molecule has 1 aliphatic heterocycles. The molecule has 2 aromatic rings. The van der Waals surface area contributed by atoms with Crippen LogP contribution < -0.4 is 10.1 Å². The van der Waals surface area contributed by atoms with E-state index in [1.807, 2.05) is 30.3 Å². The van der Waals surface area contributed by atoms with Crippen LogP contribution in [0.4, 0.5) is 0 Å². The van der Waals surface area contributed by atoms with Gasteiger partial charge in [-0.2, -0.15) is 0 Å². The van der Waals surface area contributed by atoms with Gasteiger partial charge in [-0.3, -0.25) is 0 Å². The van der Waals surface area contributed by atoms with Gasteiger partial charge < -0.3 is 19.9 Å². The van der Waals surface area contributed by atoms with Crippen LogP contribution in [0.2, 0.25) is 0 Å². The summed E-state index contributed by atoms with van der Waals surface area (Å²) in [6.07, 6.45) is 0.608. The van der Waals surface area contributed by atoms with Gasteiger partial charge in [-0.15, -0.1) is 0 Å². The molecule has 0 fully saturated rings. The lowest BCUT2D eigenvalue weighted by Crippen LogP contribution is -2.87. The molecule has 0 amide bonds. The summed E-state index contributed by atoms with van der Waals surface area (Å²) in [6.45, 7) is 2.51. The molecule has 1 aliphatic rings. The van der Waals surface area contributed by atoms with E-state index in [1.54, 1.807) is 0 Å². The second-order valence-electron chi connectivity index (χ2n) is 5.85. The van der Waals surface area contributed by atoms with Crippen LogP contribution in [0.1, 0.15) is 17.2 Å². The Labute approximate surface area is 137 Å². The second kappa shape index (κ2) is 8.11.